The molecule has 1 unspecified atom stereocenters. The predicted molar refractivity (Wildman–Crippen MR) is 95.2 cm³/mol. The lowest BCUT2D eigenvalue weighted by Crippen LogP contribution is -2.36. The van der Waals surface area contributed by atoms with Crippen LogP contribution >= 0.6 is 15.9 Å². The van der Waals surface area contributed by atoms with Crippen LogP contribution in [0.5, 0.6) is 5.75 Å². The van der Waals surface area contributed by atoms with Crippen LogP contribution in [0.3, 0.4) is 0 Å². The first kappa shape index (κ1) is 18.5. The van der Waals surface area contributed by atoms with Gasteiger partial charge in [-0.3, -0.25) is 0 Å². The van der Waals surface area contributed by atoms with Crippen molar-refractivity contribution in [3.63, 3.8) is 0 Å². The molecule has 0 amide bonds. The Morgan fingerprint density at radius 2 is 2.00 bits per heavy atom. The van der Waals surface area contributed by atoms with E-state index in [1.807, 2.05) is 0 Å². The molecule has 0 spiro atoms. The Labute approximate surface area is 138 Å². The van der Waals surface area contributed by atoms with E-state index in [0.717, 1.165) is 29.7 Å². The Morgan fingerprint density at radius 1 is 1.24 bits per heavy atom. The molecule has 1 N–H and O–H groups in total. The first-order valence-electron chi connectivity index (χ1n) is 8.14. The van der Waals surface area contributed by atoms with Crippen LogP contribution in [0.4, 0.5) is 0 Å². The fourth-order valence-electron chi connectivity index (χ4n) is 2.86. The van der Waals surface area contributed by atoms with Crippen LogP contribution < -0.4 is 10.1 Å². The molecular formula is C18H30BrNO. The Balaban J connectivity index is 2.90. The summed E-state index contributed by atoms with van der Waals surface area (Å²) >= 11 is 3.60. The lowest BCUT2D eigenvalue weighted by atomic mass is 9.75. The number of hydrogen-bond acceptors (Lipinski definition) is 2. The standard InChI is InChI=1S/C18H30BrNO/c1-5-8-11-18(6-2,14-20-7-3)13-15-9-10-17(21-4)16(19)12-15/h9-10,12,20H,5-8,11,13-14H2,1-4H3. The van der Waals surface area contributed by atoms with Crippen LogP contribution in [-0.4, -0.2) is 20.2 Å². The molecular weight excluding hydrogens is 326 g/mol. The Morgan fingerprint density at radius 3 is 2.52 bits per heavy atom. The van der Waals surface area contributed by atoms with E-state index in [-0.39, 0.29) is 0 Å². The van der Waals surface area contributed by atoms with Crippen LogP contribution in [0.1, 0.15) is 52.0 Å². The van der Waals surface area contributed by atoms with Gasteiger partial charge in [-0.1, -0.05) is 39.7 Å². The van der Waals surface area contributed by atoms with Gasteiger partial charge in [-0.2, -0.15) is 0 Å². The molecule has 2 nitrogen and oxygen atoms in total. The summed E-state index contributed by atoms with van der Waals surface area (Å²) in [7, 11) is 1.71. The Bertz CT molecular complexity index is 412. The molecule has 0 aliphatic carbocycles. The molecule has 1 aromatic rings. The Hall–Kier alpha value is -0.540. The zero-order valence-corrected chi connectivity index (χ0v) is 15.6. The summed E-state index contributed by atoms with van der Waals surface area (Å²) in [6, 6.07) is 6.47. The highest BCUT2D eigenvalue weighted by molar-refractivity contribution is 9.10. The van der Waals surface area contributed by atoms with Crippen molar-refractivity contribution in [3.8, 4) is 5.75 Å². The Kier molecular flexibility index (Phi) is 8.35. The monoisotopic (exact) mass is 355 g/mol. The summed E-state index contributed by atoms with van der Waals surface area (Å²) in [5.41, 5.74) is 1.75. The second kappa shape index (κ2) is 9.47. The number of halogens is 1. The number of methoxy groups -OCH3 is 1. The average Bonchev–Trinajstić information content (AvgIpc) is 2.50. The quantitative estimate of drug-likeness (QED) is 0.622. The predicted octanol–water partition coefficient (Wildman–Crippen LogP) is 5.20. The maximum Gasteiger partial charge on any atom is 0.133 e. The molecule has 0 fully saturated rings. The van der Waals surface area contributed by atoms with Crippen molar-refractivity contribution in [2.45, 2.75) is 52.9 Å². The highest BCUT2D eigenvalue weighted by Crippen LogP contribution is 2.35. The van der Waals surface area contributed by atoms with Gasteiger partial charge in [0.15, 0.2) is 0 Å². The number of unbranched alkanes of at least 4 members (excludes halogenated alkanes) is 1. The lowest BCUT2D eigenvalue weighted by Gasteiger charge is -2.34. The summed E-state index contributed by atoms with van der Waals surface area (Å²) in [6.07, 6.45) is 6.19. The first-order valence-corrected chi connectivity index (χ1v) is 8.93. The minimum absolute atomic E-state index is 0.361. The third-order valence-corrected chi connectivity index (χ3v) is 4.98. The summed E-state index contributed by atoms with van der Waals surface area (Å²) in [5, 5.41) is 3.57. The van der Waals surface area contributed by atoms with Gasteiger partial charge in [0.1, 0.15) is 5.75 Å². The van der Waals surface area contributed by atoms with Crippen molar-refractivity contribution in [1.82, 2.24) is 5.32 Å². The van der Waals surface area contributed by atoms with E-state index in [4.69, 9.17) is 4.74 Å². The SMILES string of the molecule is CCCCC(CC)(CNCC)Cc1ccc(OC)c(Br)c1. The molecule has 0 aromatic heterocycles. The zero-order chi connectivity index (χ0) is 15.7. The van der Waals surface area contributed by atoms with Gasteiger partial charge in [0.25, 0.3) is 0 Å². The minimum Gasteiger partial charge on any atom is -0.496 e. The summed E-state index contributed by atoms with van der Waals surface area (Å²) < 4.78 is 6.37. The molecule has 0 aliphatic heterocycles. The molecule has 0 saturated carbocycles. The average molecular weight is 356 g/mol. The van der Waals surface area contributed by atoms with Gasteiger partial charge in [-0.15, -0.1) is 0 Å². The van der Waals surface area contributed by atoms with E-state index in [9.17, 15) is 0 Å². The van der Waals surface area contributed by atoms with Crippen molar-refractivity contribution >= 4 is 15.9 Å². The summed E-state index contributed by atoms with van der Waals surface area (Å²) in [4.78, 5) is 0. The molecule has 21 heavy (non-hydrogen) atoms. The molecule has 0 saturated heterocycles. The molecule has 1 aromatic carbocycles. The van der Waals surface area contributed by atoms with Crippen LogP contribution in [0, 0.1) is 5.41 Å². The van der Waals surface area contributed by atoms with Crippen LogP contribution in [0.15, 0.2) is 22.7 Å². The van der Waals surface area contributed by atoms with E-state index >= 15 is 0 Å². The van der Waals surface area contributed by atoms with Crippen LogP contribution in [0.2, 0.25) is 0 Å². The van der Waals surface area contributed by atoms with E-state index in [1.54, 1.807) is 7.11 Å². The molecule has 0 radical (unpaired) electrons. The molecule has 1 rings (SSSR count). The minimum atomic E-state index is 0.361. The van der Waals surface area contributed by atoms with E-state index in [1.165, 1.54) is 31.2 Å². The van der Waals surface area contributed by atoms with Gasteiger partial charge in [0.2, 0.25) is 0 Å². The second-order valence-corrected chi connectivity index (χ2v) is 6.74. The van der Waals surface area contributed by atoms with Crippen molar-refractivity contribution in [2.75, 3.05) is 20.2 Å². The fourth-order valence-corrected chi connectivity index (χ4v) is 3.45. The first-order chi connectivity index (χ1) is 10.1. The third kappa shape index (κ3) is 5.63. The van der Waals surface area contributed by atoms with Gasteiger partial charge in [0.05, 0.1) is 11.6 Å². The van der Waals surface area contributed by atoms with Crippen molar-refractivity contribution in [2.24, 2.45) is 5.41 Å². The lowest BCUT2D eigenvalue weighted by molar-refractivity contribution is 0.230. The van der Waals surface area contributed by atoms with Crippen LogP contribution in [0.25, 0.3) is 0 Å². The number of benzene rings is 1. The maximum atomic E-state index is 5.33. The molecule has 0 aliphatic rings. The van der Waals surface area contributed by atoms with Gasteiger partial charge < -0.3 is 10.1 Å². The second-order valence-electron chi connectivity index (χ2n) is 5.88. The molecule has 120 valence electrons. The number of nitrogens with one attached hydrogen (secondary N) is 1. The topological polar surface area (TPSA) is 21.3 Å². The van der Waals surface area contributed by atoms with Crippen LogP contribution in [-0.2, 0) is 6.42 Å². The molecule has 0 bridgehead atoms. The fraction of sp³-hybridized carbons (Fsp3) is 0.667. The third-order valence-electron chi connectivity index (χ3n) is 4.36. The van der Waals surface area contributed by atoms with Gasteiger partial charge in [-0.05, 0) is 64.8 Å². The number of hydrogen-bond donors (Lipinski definition) is 1. The zero-order valence-electron chi connectivity index (χ0n) is 14.0. The highest BCUT2D eigenvalue weighted by Gasteiger charge is 2.27. The smallest absolute Gasteiger partial charge is 0.133 e. The highest BCUT2D eigenvalue weighted by atomic mass is 79.9. The number of ether oxygens (including phenoxy) is 1. The van der Waals surface area contributed by atoms with Gasteiger partial charge >= 0.3 is 0 Å². The largest absolute Gasteiger partial charge is 0.496 e. The van der Waals surface area contributed by atoms with Crippen molar-refractivity contribution in [3.05, 3.63) is 28.2 Å². The normalized spacial score (nSPS) is 14.0. The summed E-state index contributed by atoms with van der Waals surface area (Å²) in [6.45, 7) is 8.93. The van der Waals surface area contributed by atoms with E-state index < -0.39 is 0 Å². The van der Waals surface area contributed by atoms with Gasteiger partial charge in [0, 0.05) is 6.54 Å². The van der Waals surface area contributed by atoms with Crippen molar-refractivity contribution in [1.29, 1.82) is 0 Å². The van der Waals surface area contributed by atoms with Crippen molar-refractivity contribution < 1.29 is 4.74 Å². The van der Waals surface area contributed by atoms with E-state index in [0.29, 0.717) is 5.41 Å². The summed E-state index contributed by atoms with van der Waals surface area (Å²) in [5.74, 6) is 0.904. The van der Waals surface area contributed by atoms with Gasteiger partial charge in [-0.25, -0.2) is 0 Å². The maximum absolute atomic E-state index is 5.33. The molecule has 1 atom stereocenters. The molecule has 0 heterocycles. The van der Waals surface area contributed by atoms with E-state index in [2.05, 4.69) is 60.2 Å². The number of rotatable bonds is 10. The molecule has 3 heteroatoms.